The minimum atomic E-state index is -1.28. The van der Waals surface area contributed by atoms with Crippen LogP contribution < -0.4 is 5.32 Å². The van der Waals surface area contributed by atoms with Crippen LogP contribution in [0.2, 0.25) is 0 Å². The van der Waals surface area contributed by atoms with E-state index in [2.05, 4.69) is 10.3 Å². The summed E-state index contributed by atoms with van der Waals surface area (Å²) in [5.74, 6) is -2.72. The van der Waals surface area contributed by atoms with Gasteiger partial charge in [0.15, 0.2) is 0 Å². The molecule has 0 atom stereocenters. The Balaban J connectivity index is 1.98. The third-order valence-corrected chi connectivity index (χ3v) is 5.50. The molecule has 3 rings (SSSR count). The summed E-state index contributed by atoms with van der Waals surface area (Å²) in [7, 11) is 1.24. The number of fused-ring (bicyclic) bond motifs is 1. The number of amides is 2. The van der Waals surface area contributed by atoms with Crippen LogP contribution in [-0.4, -0.2) is 52.4 Å². The minimum Gasteiger partial charge on any atom is -0.478 e. The van der Waals surface area contributed by atoms with Crippen LogP contribution in [0.1, 0.15) is 48.6 Å². The van der Waals surface area contributed by atoms with Crippen LogP contribution in [0.5, 0.6) is 0 Å². The molecule has 0 unspecified atom stereocenters. The number of pyridine rings is 1. The summed E-state index contributed by atoms with van der Waals surface area (Å²) in [4.78, 5) is 54.2. The van der Waals surface area contributed by atoms with Gasteiger partial charge < -0.3 is 20.1 Å². The molecule has 9 nitrogen and oxygen atoms in total. The maximum absolute atomic E-state index is 12.6. The molecule has 0 radical (unpaired) electrons. The molecule has 0 fully saturated rings. The SMILES string of the molecule is COC(=O)c1c(NC(=O)c2ncccc2C(=O)O)sc2c1CCN(C(C)=O)C2. The van der Waals surface area contributed by atoms with E-state index in [1.165, 1.54) is 32.4 Å². The van der Waals surface area contributed by atoms with Crippen LogP contribution >= 0.6 is 11.3 Å². The van der Waals surface area contributed by atoms with Gasteiger partial charge in [0, 0.05) is 24.5 Å². The van der Waals surface area contributed by atoms with Crippen LogP contribution in [0, 0.1) is 0 Å². The zero-order valence-electron chi connectivity index (χ0n) is 15.1. The first-order chi connectivity index (χ1) is 13.3. The van der Waals surface area contributed by atoms with Crippen molar-refractivity contribution < 1.29 is 29.0 Å². The van der Waals surface area contributed by atoms with E-state index in [9.17, 15) is 24.3 Å². The maximum atomic E-state index is 12.6. The molecule has 0 bridgehead atoms. The number of ether oxygens (including phenoxy) is 1. The summed E-state index contributed by atoms with van der Waals surface area (Å²) < 4.78 is 4.85. The molecule has 0 aliphatic carbocycles. The number of esters is 1. The third kappa shape index (κ3) is 3.58. The Kier molecular flexibility index (Phi) is 5.41. The average molecular weight is 403 g/mol. The smallest absolute Gasteiger partial charge is 0.341 e. The Morgan fingerprint density at radius 1 is 1.32 bits per heavy atom. The Morgan fingerprint density at radius 3 is 2.71 bits per heavy atom. The Bertz CT molecular complexity index is 984. The van der Waals surface area contributed by atoms with Gasteiger partial charge in [-0.3, -0.25) is 14.6 Å². The number of carboxylic acids is 1. The van der Waals surface area contributed by atoms with Crippen LogP contribution in [-0.2, 0) is 22.5 Å². The molecular formula is C18H17N3O6S. The first kappa shape index (κ1) is 19.5. The second kappa shape index (κ2) is 7.77. The lowest BCUT2D eigenvalue weighted by Gasteiger charge is -2.25. The molecule has 0 saturated carbocycles. The topological polar surface area (TPSA) is 126 Å². The molecule has 28 heavy (non-hydrogen) atoms. The summed E-state index contributed by atoms with van der Waals surface area (Å²) in [6.45, 7) is 2.26. The Hall–Kier alpha value is -3.27. The summed E-state index contributed by atoms with van der Waals surface area (Å²) in [5, 5.41) is 12.1. The number of nitrogens with zero attached hydrogens (tertiary/aromatic N) is 2. The van der Waals surface area contributed by atoms with Gasteiger partial charge in [-0.1, -0.05) is 0 Å². The van der Waals surface area contributed by atoms with Crippen LogP contribution in [0.15, 0.2) is 18.3 Å². The van der Waals surface area contributed by atoms with E-state index in [0.29, 0.717) is 19.5 Å². The highest BCUT2D eigenvalue weighted by Crippen LogP contribution is 2.38. The normalized spacial score (nSPS) is 12.9. The standard InChI is InChI=1S/C18H17N3O6S/c1-9(22)21-7-5-10-12(8-21)28-16(13(10)18(26)27-2)20-15(23)14-11(17(24)25)4-3-6-19-14/h3-4,6H,5,7-8H2,1-2H3,(H,20,23)(H,24,25). The van der Waals surface area contributed by atoms with E-state index < -0.39 is 17.8 Å². The lowest BCUT2D eigenvalue weighted by molar-refractivity contribution is -0.129. The van der Waals surface area contributed by atoms with Gasteiger partial charge in [-0.2, -0.15) is 0 Å². The largest absolute Gasteiger partial charge is 0.478 e. The van der Waals surface area contributed by atoms with Crippen molar-refractivity contribution in [2.45, 2.75) is 19.9 Å². The molecule has 2 aromatic heterocycles. The molecule has 0 spiro atoms. The molecule has 146 valence electrons. The fraction of sp³-hybridized carbons (Fsp3) is 0.278. The maximum Gasteiger partial charge on any atom is 0.341 e. The van der Waals surface area contributed by atoms with Gasteiger partial charge in [-0.15, -0.1) is 11.3 Å². The number of anilines is 1. The van der Waals surface area contributed by atoms with Crippen molar-refractivity contribution in [1.82, 2.24) is 9.88 Å². The molecule has 10 heteroatoms. The van der Waals surface area contributed by atoms with Gasteiger partial charge in [0.2, 0.25) is 5.91 Å². The lowest BCUT2D eigenvalue weighted by atomic mass is 10.0. The predicted molar refractivity (Wildman–Crippen MR) is 99.6 cm³/mol. The molecule has 3 heterocycles. The molecule has 2 amide bonds. The van der Waals surface area contributed by atoms with Gasteiger partial charge in [-0.05, 0) is 24.1 Å². The van der Waals surface area contributed by atoms with Crippen molar-refractivity contribution in [2.24, 2.45) is 0 Å². The molecule has 2 aromatic rings. The van der Waals surface area contributed by atoms with E-state index >= 15 is 0 Å². The van der Waals surface area contributed by atoms with Crippen LogP contribution in [0.4, 0.5) is 5.00 Å². The van der Waals surface area contributed by atoms with Crippen LogP contribution in [0.25, 0.3) is 0 Å². The van der Waals surface area contributed by atoms with E-state index in [1.807, 2.05) is 0 Å². The van der Waals surface area contributed by atoms with Gasteiger partial charge in [0.1, 0.15) is 10.7 Å². The fourth-order valence-corrected chi connectivity index (χ4v) is 4.25. The molecule has 2 N–H and O–H groups in total. The van der Waals surface area contributed by atoms with Crippen molar-refractivity contribution in [3.05, 3.63) is 45.6 Å². The number of thiophene rings is 1. The molecular weight excluding hydrogens is 386 g/mol. The molecule has 0 saturated heterocycles. The van der Waals surface area contributed by atoms with Crippen molar-refractivity contribution in [1.29, 1.82) is 0 Å². The highest BCUT2D eigenvalue weighted by Gasteiger charge is 2.30. The fourth-order valence-electron chi connectivity index (χ4n) is 3.00. The van der Waals surface area contributed by atoms with Crippen molar-refractivity contribution >= 4 is 40.1 Å². The minimum absolute atomic E-state index is 0.0798. The monoisotopic (exact) mass is 403 g/mol. The average Bonchev–Trinajstić information content (AvgIpc) is 3.04. The van der Waals surface area contributed by atoms with Gasteiger partial charge in [0.25, 0.3) is 5.91 Å². The summed E-state index contributed by atoms with van der Waals surface area (Å²) in [6.07, 6.45) is 1.77. The quantitative estimate of drug-likeness (QED) is 0.745. The van der Waals surface area contributed by atoms with Crippen LogP contribution in [0.3, 0.4) is 0 Å². The van der Waals surface area contributed by atoms with E-state index in [0.717, 1.165) is 21.8 Å². The van der Waals surface area contributed by atoms with Gasteiger partial charge >= 0.3 is 11.9 Å². The highest BCUT2D eigenvalue weighted by molar-refractivity contribution is 7.17. The molecule has 0 aromatic carbocycles. The molecule has 1 aliphatic rings. The summed E-state index contributed by atoms with van der Waals surface area (Å²) >= 11 is 1.16. The number of hydrogen-bond donors (Lipinski definition) is 2. The van der Waals surface area contributed by atoms with E-state index in [1.54, 1.807) is 4.90 Å². The Labute approximate surface area is 163 Å². The summed E-state index contributed by atoms with van der Waals surface area (Å²) in [6, 6.07) is 2.69. The number of carbonyl (C=O) groups is 4. The van der Waals surface area contributed by atoms with Gasteiger partial charge in [-0.25, -0.2) is 9.59 Å². The van der Waals surface area contributed by atoms with E-state index in [-0.39, 0.29) is 27.7 Å². The first-order valence-electron chi connectivity index (χ1n) is 8.31. The highest BCUT2D eigenvalue weighted by atomic mass is 32.1. The number of methoxy groups -OCH3 is 1. The number of hydrogen-bond acceptors (Lipinski definition) is 7. The number of carbonyl (C=O) groups excluding carboxylic acids is 3. The second-order valence-corrected chi connectivity index (χ2v) is 7.15. The number of carboxylic acid groups (broad SMARTS) is 1. The predicted octanol–water partition coefficient (Wildman–Crippen LogP) is 1.78. The van der Waals surface area contributed by atoms with E-state index in [4.69, 9.17) is 4.74 Å². The Morgan fingerprint density at radius 2 is 2.07 bits per heavy atom. The molecule has 1 aliphatic heterocycles. The number of aromatic nitrogens is 1. The van der Waals surface area contributed by atoms with Crippen molar-refractivity contribution in [2.75, 3.05) is 19.0 Å². The number of aromatic carboxylic acids is 1. The second-order valence-electron chi connectivity index (χ2n) is 6.05. The third-order valence-electron chi connectivity index (χ3n) is 4.37. The number of rotatable bonds is 4. The zero-order valence-corrected chi connectivity index (χ0v) is 16.0. The zero-order chi connectivity index (χ0) is 20.4. The van der Waals surface area contributed by atoms with Crippen molar-refractivity contribution in [3.63, 3.8) is 0 Å². The van der Waals surface area contributed by atoms with Gasteiger partial charge in [0.05, 0.1) is 24.8 Å². The number of nitrogens with one attached hydrogen (secondary N) is 1. The first-order valence-corrected chi connectivity index (χ1v) is 9.13. The van der Waals surface area contributed by atoms with Crippen molar-refractivity contribution in [3.8, 4) is 0 Å². The lowest BCUT2D eigenvalue weighted by Crippen LogP contribution is -2.33. The summed E-state index contributed by atoms with van der Waals surface area (Å²) in [5.41, 5.74) is 0.447.